The summed E-state index contributed by atoms with van der Waals surface area (Å²) in [6, 6.07) is 21.9. The number of hydrogen-bond acceptors (Lipinski definition) is 4. The van der Waals surface area contributed by atoms with Gasteiger partial charge in [-0.3, -0.25) is 0 Å². The molecule has 7 heteroatoms. The first-order valence-corrected chi connectivity index (χ1v) is 12.8. The number of likely N-dealkylation sites (tertiary alicyclic amines) is 2. The molecule has 4 rings (SSSR count). The molecule has 0 aliphatic carbocycles. The minimum atomic E-state index is 0. The van der Waals surface area contributed by atoms with Gasteiger partial charge in [-0.15, -0.1) is 0 Å². The quantitative estimate of drug-likeness (QED) is 0.157. The molecule has 2 aliphatic rings. The Balaban J connectivity index is 0.000000412. The van der Waals surface area contributed by atoms with Crippen LogP contribution in [0.2, 0.25) is 0 Å². The number of nitrogens with zero attached hydrogens (tertiary/aromatic N) is 2. The van der Waals surface area contributed by atoms with Crippen LogP contribution in [0.25, 0.3) is 0 Å². The van der Waals surface area contributed by atoms with Crippen molar-refractivity contribution in [1.29, 1.82) is 0 Å². The predicted octanol–water partition coefficient (Wildman–Crippen LogP) is 5.82. The standard InChI is InChI=1S/2C7H7.2C6H11NS2.Sn/c2*1-7-5-3-2-4-6-7;2*8-6(9)7-4-2-1-3-5-7;/h2*2-5H,1H3;2*1-5H2,(H,8,9);/q2*-1;;;+4/p-2. The Labute approximate surface area is 240 Å². The van der Waals surface area contributed by atoms with E-state index in [1.54, 1.807) is 0 Å². The summed E-state index contributed by atoms with van der Waals surface area (Å²) in [5.74, 6) is 0. The zero-order valence-corrected chi connectivity index (χ0v) is 25.8. The first kappa shape index (κ1) is 32.5. The van der Waals surface area contributed by atoms with E-state index in [2.05, 4.69) is 21.9 Å². The summed E-state index contributed by atoms with van der Waals surface area (Å²) in [5, 5.41) is 0. The molecule has 2 nitrogen and oxygen atoms in total. The smallest absolute Gasteiger partial charge is 0.411 e. The number of benzene rings is 2. The van der Waals surface area contributed by atoms with E-state index in [1.165, 1.54) is 49.7 Å². The Hall–Kier alpha value is -0.541. The van der Waals surface area contributed by atoms with Gasteiger partial charge in [0.25, 0.3) is 0 Å². The second-order valence-electron chi connectivity index (χ2n) is 7.72. The first-order valence-electron chi connectivity index (χ1n) is 11.2. The number of thiocarbonyl (C=S) groups is 2. The zero-order valence-electron chi connectivity index (χ0n) is 19.7. The normalized spacial score (nSPS) is 14.5. The maximum atomic E-state index is 4.86. The molecule has 0 spiro atoms. The molecule has 0 atom stereocenters. The summed E-state index contributed by atoms with van der Waals surface area (Å²) < 4.78 is 1.30. The van der Waals surface area contributed by atoms with Gasteiger partial charge in [-0.05, 0) is 38.5 Å². The van der Waals surface area contributed by atoms with Gasteiger partial charge < -0.3 is 59.5 Å². The van der Waals surface area contributed by atoms with Gasteiger partial charge in [0.2, 0.25) is 0 Å². The number of hydrogen-bond donors (Lipinski definition) is 0. The molecule has 2 fully saturated rings. The van der Waals surface area contributed by atoms with Crippen LogP contribution in [0.1, 0.15) is 49.7 Å². The van der Waals surface area contributed by atoms with E-state index in [4.69, 9.17) is 49.7 Å². The number of aryl methyl sites for hydroxylation is 2. The number of piperidine rings is 2. The van der Waals surface area contributed by atoms with E-state index < -0.39 is 0 Å². The second kappa shape index (κ2) is 20.8. The van der Waals surface area contributed by atoms with Gasteiger partial charge in [-0.25, -0.2) is 0 Å². The van der Waals surface area contributed by atoms with Crippen LogP contribution in [-0.2, 0) is 25.3 Å². The summed E-state index contributed by atoms with van der Waals surface area (Å²) in [7, 11) is 0. The zero-order chi connectivity index (χ0) is 23.6. The van der Waals surface area contributed by atoms with Gasteiger partial charge >= 0.3 is 23.9 Å². The van der Waals surface area contributed by atoms with Crippen molar-refractivity contribution in [3.8, 4) is 0 Å². The van der Waals surface area contributed by atoms with Gasteiger partial charge in [0.1, 0.15) is 0 Å². The predicted molar refractivity (Wildman–Crippen MR) is 157 cm³/mol. The second-order valence-corrected chi connectivity index (χ2v) is 9.78. The molecular weight excluding hydrogens is 587 g/mol. The molecule has 0 saturated carbocycles. The van der Waals surface area contributed by atoms with E-state index >= 15 is 0 Å². The van der Waals surface area contributed by atoms with Crippen LogP contribution < -0.4 is 0 Å². The van der Waals surface area contributed by atoms with Crippen molar-refractivity contribution in [2.75, 3.05) is 26.2 Å². The molecule has 0 unspecified atom stereocenters. The Morgan fingerprint density at radius 3 is 1.15 bits per heavy atom. The van der Waals surface area contributed by atoms with E-state index in [0.717, 1.165) is 26.2 Å². The molecular formula is C26H34N2S4Sn. The average Bonchev–Trinajstić information content (AvgIpc) is 2.82. The van der Waals surface area contributed by atoms with Crippen LogP contribution in [0.5, 0.6) is 0 Å². The third kappa shape index (κ3) is 17.5. The van der Waals surface area contributed by atoms with Crippen LogP contribution in [0, 0.1) is 26.0 Å². The summed E-state index contributed by atoms with van der Waals surface area (Å²) in [6.45, 7) is 8.40. The van der Waals surface area contributed by atoms with Crippen LogP contribution in [-0.4, -0.2) is 68.5 Å². The van der Waals surface area contributed by atoms with Crippen LogP contribution >= 0.6 is 24.4 Å². The monoisotopic (exact) mass is 622 g/mol. The average molecular weight is 622 g/mol. The fourth-order valence-electron chi connectivity index (χ4n) is 3.12. The van der Waals surface area contributed by atoms with Crippen LogP contribution in [0.4, 0.5) is 0 Å². The molecule has 2 aromatic rings. The number of rotatable bonds is 0. The Kier molecular flexibility index (Phi) is 20.5. The fourth-order valence-corrected chi connectivity index (χ4v) is 3.85. The van der Waals surface area contributed by atoms with Gasteiger partial charge in [-0.2, -0.15) is 71.8 Å². The first-order chi connectivity index (χ1) is 15.4. The molecule has 0 aromatic heterocycles. The minimum absolute atomic E-state index is 0. The van der Waals surface area contributed by atoms with E-state index in [1.807, 2.05) is 62.4 Å². The van der Waals surface area contributed by atoms with Crippen LogP contribution in [0.3, 0.4) is 0 Å². The Morgan fingerprint density at radius 2 is 1.00 bits per heavy atom. The van der Waals surface area contributed by atoms with Crippen molar-refractivity contribution < 1.29 is 0 Å². The van der Waals surface area contributed by atoms with Crippen molar-refractivity contribution in [3.63, 3.8) is 0 Å². The third-order valence-electron chi connectivity index (χ3n) is 4.96. The van der Waals surface area contributed by atoms with Gasteiger partial charge in [0, 0.05) is 26.2 Å². The van der Waals surface area contributed by atoms with Crippen molar-refractivity contribution in [2.24, 2.45) is 0 Å². The topological polar surface area (TPSA) is 6.48 Å². The molecule has 0 N–H and O–H groups in total. The van der Waals surface area contributed by atoms with Crippen LogP contribution in [0.15, 0.2) is 48.5 Å². The maximum Gasteiger partial charge on any atom is 4.00 e. The van der Waals surface area contributed by atoms with Crippen molar-refractivity contribution in [1.82, 2.24) is 9.80 Å². The van der Waals surface area contributed by atoms with Gasteiger partial charge in [0.05, 0.1) is 0 Å². The molecule has 2 saturated heterocycles. The molecule has 2 aliphatic heterocycles. The van der Waals surface area contributed by atoms with Gasteiger partial charge in [-0.1, -0.05) is 22.5 Å². The summed E-state index contributed by atoms with van der Waals surface area (Å²) in [5.41, 5.74) is 2.39. The maximum absolute atomic E-state index is 4.86. The van der Waals surface area contributed by atoms with E-state index in [0.29, 0.717) is 8.64 Å². The third-order valence-corrected chi connectivity index (χ3v) is 5.99. The van der Waals surface area contributed by atoms with Crippen molar-refractivity contribution >= 4 is 82.2 Å². The Morgan fingerprint density at radius 1 is 0.667 bits per heavy atom. The SMILES string of the molecule is Cc1[c-]cccc1.Cc1[c-]cccc1.S=C([S-])N1CCCCC1.S=C([S-])N1CCCCC1.[Sn+4]. The molecule has 176 valence electrons. The minimum Gasteiger partial charge on any atom is -0.411 e. The summed E-state index contributed by atoms with van der Waals surface area (Å²) in [4.78, 5) is 4.21. The molecule has 33 heavy (non-hydrogen) atoms. The fraction of sp³-hybridized carbons (Fsp3) is 0.462. The van der Waals surface area contributed by atoms with Gasteiger partial charge in [0.15, 0.2) is 0 Å². The van der Waals surface area contributed by atoms with Crippen molar-refractivity contribution in [2.45, 2.75) is 52.4 Å². The summed E-state index contributed by atoms with van der Waals surface area (Å²) >= 11 is 19.4. The molecule has 0 bridgehead atoms. The Bertz CT molecular complexity index is 682. The molecule has 2 heterocycles. The van der Waals surface area contributed by atoms with E-state index in [9.17, 15) is 0 Å². The van der Waals surface area contributed by atoms with E-state index in [-0.39, 0.29) is 23.9 Å². The molecule has 0 amide bonds. The van der Waals surface area contributed by atoms with Crippen molar-refractivity contribution in [3.05, 3.63) is 71.8 Å². The molecule has 0 radical (unpaired) electrons. The summed E-state index contributed by atoms with van der Waals surface area (Å²) in [6.07, 6.45) is 7.73. The largest absolute Gasteiger partial charge is 4.00 e. The molecule has 2 aromatic carbocycles.